The molecule has 1 aliphatic rings. The number of fused-ring (bicyclic) bond motifs is 2. The van der Waals surface area contributed by atoms with Crippen LogP contribution in [0, 0.1) is 11.7 Å². The van der Waals surface area contributed by atoms with Crippen molar-refractivity contribution < 1.29 is 17.3 Å². The Bertz CT molecular complexity index is 1330. The molecule has 1 saturated heterocycles. The number of rotatable bonds is 8. The normalized spacial score (nSPS) is 15.6. The lowest BCUT2D eigenvalue weighted by atomic mass is 10.00. The Morgan fingerprint density at radius 2 is 2.10 bits per heavy atom. The summed E-state index contributed by atoms with van der Waals surface area (Å²) < 4.78 is 47.3. The van der Waals surface area contributed by atoms with Gasteiger partial charge in [0, 0.05) is 31.1 Å². The predicted octanol–water partition coefficient (Wildman–Crippen LogP) is 3.42. The summed E-state index contributed by atoms with van der Waals surface area (Å²) in [5.74, 6) is -0.0326. The van der Waals surface area contributed by atoms with Gasteiger partial charge in [-0.1, -0.05) is 5.16 Å². The van der Waals surface area contributed by atoms with Gasteiger partial charge in [0.25, 0.3) is 0 Å². The van der Waals surface area contributed by atoms with E-state index in [0.717, 1.165) is 48.3 Å². The topological polar surface area (TPSA) is 88.3 Å². The van der Waals surface area contributed by atoms with E-state index in [0.29, 0.717) is 23.6 Å². The highest BCUT2D eigenvalue weighted by Crippen LogP contribution is 2.23. The van der Waals surface area contributed by atoms with Gasteiger partial charge in [-0.2, -0.15) is 0 Å². The van der Waals surface area contributed by atoms with Crippen LogP contribution in [0.3, 0.4) is 0 Å². The molecular formula is C21H21FN4O3S2. The summed E-state index contributed by atoms with van der Waals surface area (Å²) in [6.07, 6.45) is 1.66. The predicted molar refractivity (Wildman–Crippen MR) is 117 cm³/mol. The van der Waals surface area contributed by atoms with Gasteiger partial charge in [-0.3, -0.25) is 0 Å². The number of nitrogens with one attached hydrogen (secondary N) is 1. The summed E-state index contributed by atoms with van der Waals surface area (Å²) in [4.78, 5) is 6.73. The molecule has 0 atom stereocenters. The van der Waals surface area contributed by atoms with Crippen LogP contribution in [0.25, 0.3) is 21.2 Å². The molecule has 4 aromatic rings. The molecule has 2 aromatic carbocycles. The van der Waals surface area contributed by atoms with Gasteiger partial charge in [0.2, 0.25) is 10.0 Å². The molecule has 0 radical (unpaired) electrons. The smallest absolute Gasteiger partial charge is 0.240 e. The number of aryl methyl sites for hydroxylation is 1. The van der Waals surface area contributed by atoms with Crippen molar-refractivity contribution in [1.82, 2.24) is 19.8 Å². The molecule has 0 unspecified atom stereocenters. The maximum absolute atomic E-state index is 13.2. The van der Waals surface area contributed by atoms with Crippen LogP contribution in [0.5, 0.6) is 0 Å². The maximum Gasteiger partial charge on any atom is 0.240 e. The molecule has 0 bridgehead atoms. The van der Waals surface area contributed by atoms with E-state index in [4.69, 9.17) is 4.52 Å². The Kier molecular flexibility index (Phi) is 5.47. The van der Waals surface area contributed by atoms with Crippen molar-refractivity contribution in [2.75, 3.05) is 26.2 Å². The SMILES string of the molecule is O=S(=O)(NCC1CN(CCCc2noc3cc(F)ccc23)C1)c1ccc2scnc2c1. The van der Waals surface area contributed by atoms with Crippen LogP contribution in [0.1, 0.15) is 12.1 Å². The Balaban J connectivity index is 1.07. The first-order chi connectivity index (χ1) is 15.0. The molecule has 0 saturated carbocycles. The molecule has 1 fully saturated rings. The van der Waals surface area contributed by atoms with Crippen LogP contribution < -0.4 is 4.72 Å². The van der Waals surface area contributed by atoms with Crippen LogP contribution in [-0.4, -0.2) is 49.6 Å². The average Bonchev–Trinajstić information content (AvgIpc) is 3.34. The monoisotopic (exact) mass is 460 g/mol. The van der Waals surface area contributed by atoms with E-state index in [1.54, 1.807) is 29.8 Å². The fourth-order valence-corrected chi connectivity index (χ4v) is 5.71. The van der Waals surface area contributed by atoms with Crippen LogP contribution in [0.4, 0.5) is 4.39 Å². The Hall–Kier alpha value is -2.40. The van der Waals surface area contributed by atoms with Gasteiger partial charge >= 0.3 is 0 Å². The summed E-state index contributed by atoms with van der Waals surface area (Å²) in [6.45, 7) is 3.05. The zero-order valence-electron chi connectivity index (χ0n) is 16.6. The minimum atomic E-state index is -3.54. The molecule has 2 aromatic heterocycles. The molecule has 31 heavy (non-hydrogen) atoms. The number of benzene rings is 2. The van der Waals surface area contributed by atoms with Gasteiger partial charge < -0.3 is 9.42 Å². The quantitative estimate of drug-likeness (QED) is 0.434. The third kappa shape index (κ3) is 4.33. The first kappa shape index (κ1) is 20.5. The molecule has 0 amide bonds. The minimum Gasteiger partial charge on any atom is -0.356 e. The lowest BCUT2D eigenvalue weighted by molar-refractivity contribution is 0.102. The molecule has 10 heteroatoms. The third-order valence-corrected chi connectivity index (χ3v) is 7.83. The molecule has 0 spiro atoms. The summed E-state index contributed by atoms with van der Waals surface area (Å²) in [5.41, 5.74) is 3.73. The van der Waals surface area contributed by atoms with Crippen LogP contribution in [0.15, 0.2) is 51.3 Å². The standard InChI is InChI=1S/C21H21FN4O3S2/c22-15-3-5-17-18(25-29-20(17)8-15)2-1-7-26-11-14(12-26)10-24-31(27,28)16-4-6-21-19(9-16)23-13-30-21/h3-6,8-9,13-14,24H,1-2,7,10-12H2. The largest absolute Gasteiger partial charge is 0.356 e. The van der Waals surface area contributed by atoms with Crippen LogP contribution in [0.2, 0.25) is 0 Å². The first-order valence-electron chi connectivity index (χ1n) is 10.1. The highest BCUT2D eigenvalue weighted by Gasteiger charge is 2.28. The zero-order chi connectivity index (χ0) is 21.4. The molecule has 1 N–H and O–H groups in total. The second-order valence-corrected chi connectivity index (χ2v) is 10.5. The molecular weight excluding hydrogens is 439 g/mol. The van der Waals surface area contributed by atoms with Crippen molar-refractivity contribution >= 4 is 42.5 Å². The van der Waals surface area contributed by atoms with Crippen molar-refractivity contribution in [3.63, 3.8) is 0 Å². The fraction of sp³-hybridized carbons (Fsp3) is 0.333. The molecule has 1 aliphatic heterocycles. The van der Waals surface area contributed by atoms with Crippen molar-refractivity contribution in [3.05, 3.63) is 53.4 Å². The van der Waals surface area contributed by atoms with Crippen LogP contribution >= 0.6 is 11.3 Å². The zero-order valence-corrected chi connectivity index (χ0v) is 18.3. The van der Waals surface area contributed by atoms with E-state index in [9.17, 15) is 12.8 Å². The Morgan fingerprint density at radius 1 is 1.23 bits per heavy atom. The van der Waals surface area contributed by atoms with E-state index >= 15 is 0 Å². The number of sulfonamides is 1. The van der Waals surface area contributed by atoms with E-state index < -0.39 is 10.0 Å². The summed E-state index contributed by atoms with van der Waals surface area (Å²) in [5, 5.41) is 4.91. The summed E-state index contributed by atoms with van der Waals surface area (Å²) >= 11 is 1.49. The number of halogens is 1. The minimum absolute atomic E-state index is 0.252. The fourth-order valence-electron chi connectivity index (χ4n) is 3.92. The number of thiazole rings is 1. The van der Waals surface area contributed by atoms with Gasteiger partial charge in [0.15, 0.2) is 5.58 Å². The van der Waals surface area contributed by atoms with Gasteiger partial charge in [0.05, 0.1) is 26.3 Å². The van der Waals surface area contributed by atoms with Gasteiger partial charge in [-0.05, 0) is 55.6 Å². The second-order valence-electron chi connectivity index (χ2n) is 7.83. The number of hydrogen-bond donors (Lipinski definition) is 1. The maximum atomic E-state index is 13.2. The number of aromatic nitrogens is 2. The lowest BCUT2D eigenvalue weighted by Gasteiger charge is -2.39. The summed E-state index contributed by atoms with van der Waals surface area (Å²) in [6, 6.07) is 9.50. The van der Waals surface area contributed by atoms with Crippen molar-refractivity contribution in [2.45, 2.75) is 17.7 Å². The first-order valence-corrected chi connectivity index (χ1v) is 12.4. The van der Waals surface area contributed by atoms with Crippen molar-refractivity contribution in [1.29, 1.82) is 0 Å². The number of likely N-dealkylation sites (tertiary alicyclic amines) is 1. The van der Waals surface area contributed by atoms with Gasteiger partial charge in [-0.25, -0.2) is 22.5 Å². The molecule has 7 nitrogen and oxygen atoms in total. The third-order valence-electron chi connectivity index (χ3n) is 5.60. The highest BCUT2D eigenvalue weighted by molar-refractivity contribution is 7.89. The average molecular weight is 461 g/mol. The van der Waals surface area contributed by atoms with E-state index in [-0.39, 0.29) is 10.7 Å². The molecule has 5 rings (SSSR count). The van der Waals surface area contributed by atoms with Crippen molar-refractivity contribution in [3.8, 4) is 0 Å². The van der Waals surface area contributed by atoms with Gasteiger partial charge in [-0.15, -0.1) is 11.3 Å². The molecule has 3 heterocycles. The summed E-state index contributed by atoms with van der Waals surface area (Å²) in [7, 11) is -3.54. The Labute approximate surface area is 182 Å². The number of hydrogen-bond acceptors (Lipinski definition) is 7. The van der Waals surface area contributed by atoms with E-state index in [2.05, 4.69) is 19.8 Å². The van der Waals surface area contributed by atoms with E-state index in [1.165, 1.54) is 23.5 Å². The molecule has 0 aliphatic carbocycles. The Morgan fingerprint density at radius 3 is 2.97 bits per heavy atom. The van der Waals surface area contributed by atoms with Gasteiger partial charge in [0.1, 0.15) is 5.82 Å². The van der Waals surface area contributed by atoms with E-state index in [1.807, 2.05) is 0 Å². The van der Waals surface area contributed by atoms with Crippen LogP contribution in [-0.2, 0) is 16.4 Å². The highest BCUT2D eigenvalue weighted by atomic mass is 32.2. The van der Waals surface area contributed by atoms with Crippen molar-refractivity contribution in [2.24, 2.45) is 5.92 Å². The molecule has 162 valence electrons. The second kappa shape index (κ2) is 8.27. The lowest BCUT2D eigenvalue weighted by Crippen LogP contribution is -2.51. The number of nitrogens with zero attached hydrogens (tertiary/aromatic N) is 3.